The Labute approximate surface area is 158 Å². The number of carbonyl (C=O) groups is 1. The standard InChI is InChI=1S/C20H22N4O.ClH/c21-12-13-6-5-8-14(13)20(25)24-16-9-2-1-7-15(16)19-22-17-10-3-4-11-18(17)23-19;/h1-4,7,9-11,13-14H,5-6,8,12,21H2,(H,22,23)(H,24,25);1H/t13-,14-;/m1./s1. The van der Waals surface area contributed by atoms with Crippen molar-refractivity contribution >= 4 is 35.0 Å². The molecule has 26 heavy (non-hydrogen) atoms. The van der Waals surface area contributed by atoms with Crippen molar-refractivity contribution in [2.75, 3.05) is 11.9 Å². The average molecular weight is 371 g/mol. The largest absolute Gasteiger partial charge is 0.338 e. The van der Waals surface area contributed by atoms with Gasteiger partial charge in [-0.25, -0.2) is 4.98 Å². The number of aromatic amines is 1. The Hall–Kier alpha value is -2.37. The smallest absolute Gasteiger partial charge is 0.227 e. The summed E-state index contributed by atoms with van der Waals surface area (Å²) in [5.74, 6) is 1.13. The van der Waals surface area contributed by atoms with Crippen molar-refractivity contribution in [2.45, 2.75) is 19.3 Å². The van der Waals surface area contributed by atoms with Gasteiger partial charge in [0.15, 0.2) is 0 Å². The van der Waals surface area contributed by atoms with E-state index in [1.54, 1.807) is 0 Å². The van der Waals surface area contributed by atoms with E-state index >= 15 is 0 Å². The molecule has 1 heterocycles. The monoisotopic (exact) mass is 370 g/mol. The second kappa shape index (κ2) is 7.89. The Bertz CT molecular complexity index is 874. The average Bonchev–Trinajstić information content (AvgIpc) is 3.28. The van der Waals surface area contributed by atoms with Crippen LogP contribution in [-0.2, 0) is 4.79 Å². The maximum atomic E-state index is 12.7. The Morgan fingerprint density at radius 1 is 1.15 bits per heavy atom. The van der Waals surface area contributed by atoms with Gasteiger partial charge in [0.2, 0.25) is 5.91 Å². The van der Waals surface area contributed by atoms with Gasteiger partial charge in [0.05, 0.1) is 16.7 Å². The first kappa shape index (κ1) is 18.4. The highest BCUT2D eigenvalue weighted by Gasteiger charge is 2.32. The normalized spacial score (nSPS) is 19.3. The van der Waals surface area contributed by atoms with Gasteiger partial charge in [-0.15, -0.1) is 12.4 Å². The van der Waals surface area contributed by atoms with E-state index in [4.69, 9.17) is 5.73 Å². The number of anilines is 1. The number of nitrogens with one attached hydrogen (secondary N) is 2. The molecule has 2 aromatic carbocycles. The Morgan fingerprint density at radius 2 is 1.92 bits per heavy atom. The van der Waals surface area contributed by atoms with Gasteiger partial charge in [-0.05, 0) is 49.6 Å². The van der Waals surface area contributed by atoms with Crippen molar-refractivity contribution in [1.82, 2.24) is 9.97 Å². The summed E-state index contributed by atoms with van der Waals surface area (Å²) in [5, 5.41) is 3.11. The third kappa shape index (κ3) is 3.45. The molecule has 1 aliphatic rings. The van der Waals surface area contributed by atoms with Crippen LogP contribution >= 0.6 is 12.4 Å². The molecule has 4 N–H and O–H groups in total. The Kier molecular flexibility index (Phi) is 5.59. The van der Waals surface area contributed by atoms with Gasteiger partial charge in [0, 0.05) is 11.5 Å². The number of nitrogens with zero attached hydrogens (tertiary/aromatic N) is 1. The summed E-state index contributed by atoms with van der Waals surface area (Å²) in [4.78, 5) is 20.7. The molecule has 1 amide bonds. The van der Waals surface area contributed by atoms with Crippen molar-refractivity contribution in [3.05, 3.63) is 48.5 Å². The van der Waals surface area contributed by atoms with Crippen LogP contribution in [0.3, 0.4) is 0 Å². The van der Waals surface area contributed by atoms with E-state index in [0.29, 0.717) is 12.5 Å². The number of imidazole rings is 1. The number of nitrogens with two attached hydrogens (primary N) is 1. The number of hydrogen-bond acceptors (Lipinski definition) is 3. The molecule has 1 aromatic heterocycles. The van der Waals surface area contributed by atoms with Crippen molar-refractivity contribution < 1.29 is 4.79 Å². The van der Waals surface area contributed by atoms with E-state index in [2.05, 4.69) is 15.3 Å². The molecule has 5 nitrogen and oxygen atoms in total. The fraction of sp³-hybridized carbons (Fsp3) is 0.300. The van der Waals surface area contributed by atoms with Crippen LogP contribution in [-0.4, -0.2) is 22.4 Å². The topological polar surface area (TPSA) is 83.8 Å². The van der Waals surface area contributed by atoms with Gasteiger partial charge >= 0.3 is 0 Å². The number of H-pyrrole nitrogens is 1. The molecule has 0 spiro atoms. The lowest BCUT2D eigenvalue weighted by molar-refractivity contribution is -0.120. The highest BCUT2D eigenvalue weighted by molar-refractivity contribution is 5.97. The van der Waals surface area contributed by atoms with Crippen LogP contribution < -0.4 is 11.1 Å². The molecule has 136 valence electrons. The minimum absolute atomic E-state index is 0. The summed E-state index contributed by atoms with van der Waals surface area (Å²) in [6.45, 7) is 0.573. The first-order valence-electron chi connectivity index (χ1n) is 8.81. The van der Waals surface area contributed by atoms with Crippen LogP contribution in [0.5, 0.6) is 0 Å². The lowest BCUT2D eigenvalue weighted by Gasteiger charge is -2.18. The molecule has 0 aliphatic heterocycles. The van der Waals surface area contributed by atoms with E-state index < -0.39 is 0 Å². The number of halogens is 1. The summed E-state index contributed by atoms with van der Waals surface area (Å²) >= 11 is 0. The van der Waals surface area contributed by atoms with E-state index in [1.165, 1.54) is 0 Å². The fourth-order valence-corrected chi connectivity index (χ4v) is 3.77. The number of amides is 1. The molecular weight excluding hydrogens is 348 g/mol. The third-order valence-electron chi connectivity index (χ3n) is 5.13. The number of benzene rings is 2. The molecule has 2 atom stereocenters. The molecule has 0 saturated heterocycles. The van der Waals surface area contributed by atoms with E-state index in [1.807, 2.05) is 48.5 Å². The summed E-state index contributed by atoms with van der Waals surface area (Å²) < 4.78 is 0. The lowest BCUT2D eigenvalue weighted by atomic mass is 9.95. The van der Waals surface area contributed by atoms with Crippen LogP contribution in [0.15, 0.2) is 48.5 Å². The minimum Gasteiger partial charge on any atom is -0.338 e. The number of hydrogen-bond donors (Lipinski definition) is 3. The fourth-order valence-electron chi connectivity index (χ4n) is 3.77. The van der Waals surface area contributed by atoms with Crippen molar-refractivity contribution in [3.63, 3.8) is 0 Å². The highest BCUT2D eigenvalue weighted by Crippen LogP contribution is 2.33. The predicted molar refractivity (Wildman–Crippen MR) is 107 cm³/mol. The maximum Gasteiger partial charge on any atom is 0.227 e. The molecule has 0 bridgehead atoms. The number of rotatable bonds is 4. The maximum absolute atomic E-state index is 12.7. The van der Waals surface area contributed by atoms with Crippen molar-refractivity contribution in [2.24, 2.45) is 17.6 Å². The number of aromatic nitrogens is 2. The van der Waals surface area contributed by atoms with Gasteiger partial charge in [0.1, 0.15) is 5.82 Å². The zero-order valence-electron chi connectivity index (χ0n) is 14.4. The van der Waals surface area contributed by atoms with E-state index in [-0.39, 0.29) is 24.2 Å². The zero-order chi connectivity index (χ0) is 17.2. The molecule has 1 aliphatic carbocycles. The summed E-state index contributed by atoms with van der Waals surface area (Å²) in [5.41, 5.74) is 9.41. The highest BCUT2D eigenvalue weighted by atomic mass is 35.5. The zero-order valence-corrected chi connectivity index (χ0v) is 15.3. The van der Waals surface area contributed by atoms with Gasteiger partial charge in [0.25, 0.3) is 0 Å². The second-order valence-corrected chi connectivity index (χ2v) is 6.67. The molecule has 4 rings (SSSR count). The van der Waals surface area contributed by atoms with Gasteiger partial charge < -0.3 is 16.0 Å². The number of fused-ring (bicyclic) bond motifs is 1. The SMILES string of the molecule is Cl.NC[C@H]1CCC[C@H]1C(=O)Nc1ccccc1-c1nc2ccccc2[nH]1. The predicted octanol–water partition coefficient (Wildman–Crippen LogP) is 3.97. The molecular formula is C20H23ClN4O. The Morgan fingerprint density at radius 3 is 2.73 bits per heavy atom. The second-order valence-electron chi connectivity index (χ2n) is 6.67. The molecule has 0 radical (unpaired) electrons. The molecule has 6 heteroatoms. The first-order valence-corrected chi connectivity index (χ1v) is 8.81. The molecule has 0 unspecified atom stereocenters. The van der Waals surface area contributed by atoms with Gasteiger partial charge in [-0.3, -0.25) is 4.79 Å². The molecule has 1 fully saturated rings. The van der Waals surface area contributed by atoms with Gasteiger partial charge in [-0.2, -0.15) is 0 Å². The van der Waals surface area contributed by atoms with E-state index in [0.717, 1.165) is 47.4 Å². The Balaban J connectivity index is 0.00000196. The summed E-state index contributed by atoms with van der Waals surface area (Å²) in [6, 6.07) is 15.7. The first-order chi connectivity index (χ1) is 12.3. The number of carbonyl (C=O) groups excluding carboxylic acids is 1. The quantitative estimate of drug-likeness (QED) is 0.649. The van der Waals surface area contributed by atoms with Gasteiger partial charge in [-0.1, -0.05) is 30.7 Å². The van der Waals surface area contributed by atoms with Crippen LogP contribution in [0.4, 0.5) is 5.69 Å². The van der Waals surface area contributed by atoms with Crippen LogP contribution in [0.2, 0.25) is 0 Å². The van der Waals surface area contributed by atoms with E-state index in [9.17, 15) is 4.79 Å². The van der Waals surface area contributed by atoms with Crippen LogP contribution in [0.1, 0.15) is 19.3 Å². The third-order valence-corrected chi connectivity index (χ3v) is 5.13. The van der Waals surface area contributed by atoms with Crippen molar-refractivity contribution in [3.8, 4) is 11.4 Å². The van der Waals surface area contributed by atoms with Crippen LogP contribution in [0.25, 0.3) is 22.4 Å². The summed E-state index contributed by atoms with van der Waals surface area (Å²) in [6.07, 6.45) is 3.03. The minimum atomic E-state index is 0. The van der Waals surface area contributed by atoms with Crippen molar-refractivity contribution in [1.29, 1.82) is 0 Å². The lowest BCUT2D eigenvalue weighted by Crippen LogP contribution is -2.29. The molecule has 3 aromatic rings. The van der Waals surface area contributed by atoms with Crippen LogP contribution in [0, 0.1) is 11.8 Å². The molecule has 1 saturated carbocycles. The number of para-hydroxylation sites is 3. The summed E-state index contributed by atoms with van der Waals surface area (Å²) in [7, 11) is 0.